The van der Waals surface area contributed by atoms with Crippen LogP contribution in [0.4, 0.5) is 5.69 Å². The van der Waals surface area contributed by atoms with Crippen LogP contribution in [0.3, 0.4) is 0 Å². The van der Waals surface area contributed by atoms with Gasteiger partial charge in [0.05, 0.1) is 11.1 Å². The van der Waals surface area contributed by atoms with Crippen LogP contribution in [0.15, 0.2) is 76.1 Å². The summed E-state index contributed by atoms with van der Waals surface area (Å²) < 4.78 is 2.37. The molecule has 0 aliphatic carbocycles. The van der Waals surface area contributed by atoms with E-state index in [1.54, 1.807) is 67.7 Å². The molecule has 0 saturated heterocycles. The summed E-state index contributed by atoms with van der Waals surface area (Å²) in [4.78, 5) is 33.8. The minimum absolute atomic E-state index is 0.179. The summed E-state index contributed by atoms with van der Waals surface area (Å²) in [5.41, 5.74) is 2.11. The molecule has 1 amide bonds. The molecule has 2 aromatic heterocycles. The SMILES string of the molecule is Cc1nc2ncccc2c(=O)n1-c1ccc(NC(=O)c2cccc(Br)c2)cc1. The van der Waals surface area contributed by atoms with Crippen LogP contribution in [0.5, 0.6) is 0 Å². The number of nitrogens with zero attached hydrogens (tertiary/aromatic N) is 3. The summed E-state index contributed by atoms with van der Waals surface area (Å²) in [5.74, 6) is 0.336. The molecule has 4 rings (SSSR count). The first kappa shape index (κ1) is 18.1. The van der Waals surface area contributed by atoms with Crippen LogP contribution in [-0.4, -0.2) is 20.4 Å². The van der Waals surface area contributed by atoms with Gasteiger partial charge in [-0.25, -0.2) is 9.97 Å². The number of rotatable bonds is 3. The molecule has 0 radical (unpaired) electrons. The van der Waals surface area contributed by atoms with E-state index in [-0.39, 0.29) is 11.5 Å². The van der Waals surface area contributed by atoms with Gasteiger partial charge in [0.15, 0.2) is 5.65 Å². The number of anilines is 1. The lowest BCUT2D eigenvalue weighted by atomic mass is 10.2. The minimum Gasteiger partial charge on any atom is -0.322 e. The number of pyridine rings is 1. The number of fused-ring (bicyclic) bond motifs is 1. The fraction of sp³-hybridized carbons (Fsp3) is 0.0476. The van der Waals surface area contributed by atoms with Crippen molar-refractivity contribution in [2.75, 3.05) is 5.32 Å². The number of aryl methyl sites for hydroxylation is 1. The number of aromatic nitrogens is 3. The smallest absolute Gasteiger partial charge is 0.267 e. The summed E-state index contributed by atoms with van der Waals surface area (Å²) >= 11 is 3.36. The second kappa shape index (κ2) is 7.36. The van der Waals surface area contributed by atoms with Gasteiger partial charge in [0.1, 0.15) is 5.82 Å². The standard InChI is InChI=1S/C21H15BrN4O2/c1-13-24-19-18(6-3-11-23-19)21(28)26(13)17-9-7-16(8-10-17)25-20(27)14-4-2-5-15(22)12-14/h2-12H,1H3,(H,25,27). The van der Waals surface area contributed by atoms with E-state index in [1.807, 2.05) is 6.07 Å². The Morgan fingerprint density at radius 1 is 1.07 bits per heavy atom. The lowest BCUT2D eigenvalue weighted by molar-refractivity contribution is 0.102. The Bertz CT molecular complexity index is 1250. The number of hydrogen-bond donors (Lipinski definition) is 1. The van der Waals surface area contributed by atoms with Gasteiger partial charge >= 0.3 is 0 Å². The van der Waals surface area contributed by atoms with Crippen LogP contribution < -0.4 is 10.9 Å². The van der Waals surface area contributed by atoms with Crippen molar-refractivity contribution in [2.24, 2.45) is 0 Å². The molecule has 0 spiro atoms. The molecule has 4 aromatic rings. The van der Waals surface area contributed by atoms with E-state index in [2.05, 4.69) is 31.2 Å². The fourth-order valence-electron chi connectivity index (χ4n) is 2.95. The summed E-state index contributed by atoms with van der Waals surface area (Å²) in [6.45, 7) is 1.76. The number of nitrogens with one attached hydrogen (secondary N) is 1. The van der Waals surface area contributed by atoms with Crippen molar-refractivity contribution in [1.82, 2.24) is 14.5 Å². The zero-order chi connectivity index (χ0) is 19.7. The van der Waals surface area contributed by atoms with Crippen LogP contribution in [0.1, 0.15) is 16.2 Å². The number of carbonyl (C=O) groups excluding carboxylic acids is 1. The van der Waals surface area contributed by atoms with E-state index in [0.29, 0.717) is 33.8 Å². The van der Waals surface area contributed by atoms with Crippen LogP contribution in [-0.2, 0) is 0 Å². The third-order valence-corrected chi connectivity index (χ3v) is 4.77. The van der Waals surface area contributed by atoms with Gasteiger partial charge in [-0.15, -0.1) is 0 Å². The second-order valence-electron chi connectivity index (χ2n) is 6.19. The summed E-state index contributed by atoms with van der Waals surface area (Å²) in [6, 6.07) is 17.6. The Morgan fingerprint density at radius 3 is 2.61 bits per heavy atom. The average molecular weight is 435 g/mol. The van der Waals surface area contributed by atoms with Gasteiger partial charge in [0.2, 0.25) is 0 Å². The predicted octanol–water partition coefficient (Wildman–Crippen LogP) is 4.10. The molecular weight excluding hydrogens is 420 g/mol. The van der Waals surface area contributed by atoms with Crippen LogP contribution in [0.25, 0.3) is 16.7 Å². The first-order chi connectivity index (χ1) is 13.5. The lowest BCUT2D eigenvalue weighted by Gasteiger charge is -2.11. The highest BCUT2D eigenvalue weighted by molar-refractivity contribution is 9.10. The van der Waals surface area contributed by atoms with E-state index in [4.69, 9.17) is 0 Å². The molecule has 0 unspecified atom stereocenters. The highest BCUT2D eigenvalue weighted by Crippen LogP contribution is 2.17. The first-order valence-corrected chi connectivity index (χ1v) is 9.34. The molecule has 0 bridgehead atoms. The molecule has 138 valence electrons. The van der Waals surface area contributed by atoms with Crippen molar-refractivity contribution in [2.45, 2.75) is 6.92 Å². The normalized spacial score (nSPS) is 10.8. The lowest BCUT2D eigenvalue weighted by Crippen LogP contribution is -2.22. The van der Waals surface area contributed by atoms with E-state index in [1.165, 1.54) is 4.57 Å². The van der Waals surface area contributed by atoms with Gasteiger partial charge in [0.25, 0.3) is 11.5 Å². The quantitative estimate of drug-likeness (QED) is 0.526. The zero-order valence-corrected chi connectivity index (χ0v) is 16.5. The number of hydrogen-bond acceptors (Lipinski definition) is 4. The van der Waals surface area contributed by atoms with Crippen molar-refractivity contribution >= 4 is 38.6 Å². The van der Waals surface area contributed by atoms with Crippen molar-refractivity contribution in [1.29, 1.82) is 0 Å². The van der Waals surface area contributed by atoms with E-state index < -0.39 is 0 Å². The summed E-state index contributed by atoms with van der Waals surface area (Å²) in [7, 11) is 0. The number of carbonyl (C=O) groups is 1. The van der Waals surface area contributed by atoms with E-state index in [0.717, 1.165) is 4.47 Å². The zero-order valence-electron chi connectivity index (χ0n) is 14.9. The number of halogens is 1. The van der Waals surface area contributed by atoms with Gasteiger partial charge in [-0.2, -0.15) is 0 Å². The van der Waals surface area contributed by atoms with Crippen LogP contribution >= 0.6 is 15.9 Å². The van der Waals surface area contributed by atoms with E-state index >= 15 is 0 Å². The molecule has 7 heteroatoms. The maximum Gasteiger partial charge on any atom is 0.267 e. The van der Waals surface area contributed by atoms with Gasteiger partial charge in [-0.1, -0.05) is 22.0 Å². The maximum absolute atomic E-state index is 12.8. The highest BCUT2D eigenvalue weighted by atomic mass is 79.9. The molecule has 0 saturated carbocycles. The summed E-state index contributed by atoms with van der Waals surface area (Å²) in [6.07, 6.45) is 1.61. The third-order valence-electron chi connectivity index (χ3n) is 4.28. The molecule has 2 heterocycles. The number of benzene rings is 2. The highest BCUT2D eigenvalue weighted by Gasteiger charge is 2.11. The molecule has 0 atom stereocenters. The predicted molar refractivity (Wildman–Crippen MR) is 112 cm³/mol. The fourth-order valence-corrected chi connectivity index (χ4v) is 3.35. The van der Waals surface area contributed by atoms with Crippen molar-refractivity contribution in [3.8, 4) is 5.69 Å². The summed E-state index contributed by atoms with van der Waals surface area (Å²) in [5, 5.41) is 3.31. The molecule has 0 aliphatic rings. The Morgan fingerprint density at radius 2 is 1.86 bits per heavy atom. The largest absolute Gasteiger partial charge is 0.322 e. The number of amides is 1. The molecule has 0 fully saturated rings. The molecule has 0 aliphatic heterocycles. The molecule has 1 N–H and O–H groups in total. The molecular formula is C21H15BrN4O2. The Hall–Kier alpha value is -3.32. The van der Waals surface area contributed by atoms with Gasteiger partial charge < -0.3 is 5.32 Å². The van der Waals surface area contributed by atoms with Crippen LogP contribution in [0.2, 0.25) is 0 Å². The van der Waals surface area contributed by atoms with Gasteiger partial charge in [-0.05, 0) is 61.5 Å². The van der Waals surface area contributed by atoms with Crippen molar-refractivity contribution < 1.29 is 4.79 Å². The Kier molecular flexibility index (Phi) is 4.75. The van der Waals surface area contributed by atoms with Crippen LogP contribution in [0, 0.1) is 6.92 Å². The van der Waals surface area contributed by atoms with Crippen molar-refractivity contribution in [3.05, 3.63) is 93.1 Å². The van der Waals surface area contributed by atoms with Gasteiger partial charge in [0, 0.05) is 21.9 Å². The van der Waals surface area contributed by atoms with Gasteiger partial charge in [-0.3, -0.25) is 14.2 Å². The molecule has 6 nitrogen and oxygen atoms in total. The first-order valence-electron chi connectivity index (χ1n) is 8.55. The minimum atomic E-state index is -0.208. The molecule has 2 aromatic carbocycles. The third kappa shape index (κ3) is 3.44. The van der Waals surface area contributed by atoms with Crippen molar-refractivity contribution in [3.63, 3.8) is 0 Å². The maximum atomic E-state index is 12.8. The Balaban J connectivity index is 1.65. The van der Waals surface area contributed by atoms with E-state index in [9.17, 15) is 9.59 Å². The average Bonchev–Trinajstić information content (AvgIpc) is 2.69. The second-order valence-corrected chi connectivity index (χ2v) is 7.10. The topological polar surface area (TPSA) is 76.9 Å². The monoisotopic (exact) mass is 434 g/mol. The molecule has 28 heavy (non-hydrogen) atoms. The Labute approximate surface area is 169 Å².